The van der Waals surface area contributed by atoms with Crippen molar-refractivity contribution in [3.05, 3.63) is 23.8 Å². The van der Waals surface area contributed by atoms with Gasteiger partial charge in [-0.25, -0.2) is 4.79 Å². The Balaban J connectivity index is 1.65. The van der Waals surface area contributed by atoms with Crippen LogP contribution in [-0.2, 0) is 4.74 Å². The Kier molecular flexibility index (Phi) is 4.37. The standard InChI is InChI=1S/C18H26N2O3/c1-18(2,3)23-17(21)20-10-7-13(8-11-20)14-5-4-6-15-16(14)22-12-9-19-15/h4-6,13,19H,7-12H2,1-3H3. The third kappa shape index (κ3) is 3.71. The third-order valence-corrected chi connectivity index (χ3v) is 4.30. The molecule has 1 aromatic rings. The summed E-state index contributed by atoms with van der Waals surface area (Å²) in [6.45, 7) is 8.73. The van der Waals surface area contributed by atoms with Crippen molar-refractivity contribution in [1.29, 1.82) is 0 Å². The maximum absolute atomic E-state index is 12.2. The van der Waals surface area contributed by atoms with Crippen molar-refractivity contribution in [3.8, 4) is 5.75 Å². The Bertz CT molecular complexity index is 572. The number of benzene rings is 1. The van der Waals surface area contributed by atoms with Crippen LogP contribution in [0.3, 0.4) is 0 Å². The number of hydrogen-bond donors (Lipinski definition) is 1. The van der Waals surface area contributed by atoms with Crippen LogP contribution in [0.1, 0.15) is 45.1 Å². The van der Waals surface area contributed by atoms with Gasteiger partial charge in [0.25, 0.3) is 0 Å². The summed E-state index contributed by atoms with van der Waals surface area (Å²) in [6, 6.07) is 6.30. The number of para-hydroxylation sites is 1. The van der Waals surface area contributed by atoms with E-state index in [4.69, 9.17) is 9.47 Å². The molecular weight excluding hydrogens is 292 g/mol. The molecule has 0 radical (unpaired) electrons. The van der Waals surface area contributed by atoms with Crippen LogP contribution in [0.15, 0.2) is 18.2 Å². The smallest absolute Gasteiger partial charge is 0.410 e. The third-order valence-electron chi connectivity index (χ3n) is 4.30. The quantitative estimate of drug-likeness (QED) is 0.859. The topological polar surface area (TPSA) is 50.8 Å². The van der Waals surface area contributed by atoms with E-state index in [2.05, 4.69) is 23.5 Å². The van der Waals surface area contributed by atoms with Gasteiger partial charge in [-0.15, -0.1) is 0 Å². The van der Waals surface area contributed by atoms with Crippen LogP contribution in [0, 0.1) is 0 Å². The number of fused-ring (bicyclic) bond motifs is 1. The molecule has 3 rings (SSSR count). The molecule has 23 heavy (non-hydrogen) atoms. The largest absolute Gasteiger partial charge is 0.489 e. The Morgan fingerprint density at radius 3 is 2.74 bits per heavy atom. The molecular formula is C18H26N2O3. The van der Waals surface area contributed by atoms with Crippen LogP contribution >= 0.6 is 0 Å². The van der Waals surface area contributed by atoms with Gasteiger partial charge in [-0.3, -0.25) is 0 Å². The van der Waals surface area contributed by atoms with Crippen LogP contribution < -0.4 is 10.1 Å². The monoisotopic (exact) mass is 318 g/mol. The number of amides is 1. The van der Waals surface area contributed by atoms with Crippen LogP contribution in [-0.4, -0.2) is 42.8 Å². The Hall–Kier alpha value is -1.91. The molecule has 0 unspecified atom stereocenters. The zero-order valence-electron chi connectivity index (χ0n) is 14.2. The number of likely N-dealkylation sites (tertiary alicyclic amines) is 1. The maximum Gasteiger partial charge on any atom is 0.410 e. The summed E-state index contributed by atoms with van der Waals surface area (Å²) < 4.78 is 11.3. The molecule has 126 valence electrons. The predicted molar refractivity (Wildman–Crippen MR) is 90.2 cm³/mol. The number of piperidine rings is 1. The first-order valence-corrected chi connectivity index (χ1v) is 8.41. The van der Waals surface area contributed by atoms with Gasteiger partial charge < -0.3 is 19.7 Å². The Morgan fingerprint density at radius 2 is 2.04 bits per heavy atom. The lowest BCUT2D eigenvalue weighted by atomic mass is 9.88. The lowest BCUT2D eigenvalue weighted by Crippen LogP contribution is -2.41. The molecule has 0 aromatic heterocycles. The van der Waals surface area contributed by atoms with E-state index in [0.29, 0.717) is 12.5 Å². The lowest BCUT2D eigenvalue weighted by molar-refractivity contribution is 0.0204. The first-order chi connectivity index (χ1) is 10.9. The molecule has 0 aliphatic carbocycles. The summed E-state index contributed by atoms with van der Waals surface area (Å²) in [6.07, 6.45) is 1.68. The number of nitrogens with one attached hydrogen (secondary N) is 1. The normalized spacial score (nSPS) is 18.7. The van der Waals surface area contributed by atoms with Crippen molar-refractivity contribution in [2.45, 2.75) is 45.1 Å². The Morgan fingerprint density at radius 1 is 1.30 bits per heavy atom. The van der Waals surface area contributed by atoms with Gasteiger partial charge >= 0.3 is 6.09 Å². The summed E-state index contributed by atoms with van der Waals surface area (Å²) in [5.41, 5.74) is 1.91. The minimum absolute atomic E-state index is 0.205. The van der Waals surface area contributed by atoms with Crippen molar-refractivity contribution < 1.29 is 14.3 Å². The van der Waals surface area contributed by atoms with Gasteiger partial charge in [-0.05, 0) is 51.2 Å². The second kappa shape index (κ2) is 6.30. The second-order valence-corrected chi connectivity index (χ2v) is 7.24. The van der Waals surface area contributed by atoms with E-state index in [9.17, 15) is 4.79 Å². The summed E-state index contributed by atoms with van der Waals surface area (Å²) in [4.78, 5) is 14.0. The lowest BCUT2D eigenvalue weighted by Gasteiger charge is -2.34. The van der Waals surface area contributed by atoms with E-state index in [1.54, 1.807) is 0 Å². The number of hydrogen-bond acceptors (Lipinski definition) is 4. The molecule has 0 saturated carbocycles. The van der Waals surface area contributed by atoms with Crippen molar-refractivity contribution in [3.63, 3.8) is 0 Å². The van der Waals surface area contributed by atoms with E-state index < -0.39 is 5.60 Å². The minimum Gasteiger partial charge on any atom is -0.489 e. The minimum atomic E-state index is -0.439. The molecule has 0 atom stereocenters. The first-order valence-electron chi connectivity index (χ1n) is 8.41. The van der Waals surface area contributed by atoms with Crippen LogP contribution in [0.5, 0.6) is 5.75 Å². The fraction of sp³-hybridized carbons (Fsp3) is 0.611. The van der Waals surface area contributed by atoms with Gasteiger partial charge in [-0.1, -0.05) is 12.1 Å². The Labute approximate surface area is 137 Å². The fourth-order valence-electron chi connectivity index (χ4n) is 3.21. The molecule has 1 saturated heterocycles. The second-order valence-electron chi connectivity index (χ2n) is 7.24. The van der Waals surface area contributed by atoms with Crippen molar-refractivity contribution >= 4 is 11.8 Å². The fourth-order valence-corrected chi connectivity index (χ4v) is 3.21. The molecule has 0 bridgehead atoms. The first kappa shape index (κ1) is 16.0. The molecule has 5 heteroatoms. The molecule has 2 heterocycles. The average Bonchev–Trinajstić information content (AvgIpc) is 2.53. The van der Waals surface area contributed by atoms with E-state index in [-0.39, 0.29) is 6.09 Å². The van der Waals surface area contributed by atoms with Gasteiger partial charge in [0.1, 0.15) is 18.0 Å². The summed E-state index contributed by atoms with van der Waals surface area (Å²) in [5.74, 6) is 1.43. The van der Waals surface area contributed by atoms with Gasteiger partial charge in [0, 0.05) is 19.6 Å². The average molecular weight is 318 g/mol. The zero-order valence-corrected chi connectivity index (χ0v) is 14.2. The summed E-state index contributed by atoms with van der Waals surface area (Å²) in [7, 11) is 0. The van der Waals surface area contributed by atoms with E-state index in [0.717, 1.165) is 43.9 Å². The molecule has 5 nitrogen and oxygen atoms in total. The molecule has 1 amide bonds. The molecule has 1 aromatic carbocycles. The SMILES string of the molecule is CC(C)(C)OC(=O)N1CCC(c2cccc3c2OCCN3)CC1. The number of anilines is 1. The van der Waals surface area contributed by atoms with E-state index in [1.165, 1.54) is 5.56 Å². The summed E-state index contributed by atoms with van der Waals surface area (Å²) in [5, 5.41) is 3.39. The number of nitrogens with zero attached hydrogens (tertiary/aromatic N) is 1. The highest BCUT2D eigenvalue weighted by Crippen LogP contribution is 2.39. The predicted octanol–water partition coefficient (Wildman–Crippen LogP) is 3.61. The van der Waals surface area contributed by atoms with Crippen molar-refractivity contribution in [2.75, 3.05) is 31.6 Å². The van der Waals surface area contributed by atoms with Gasteiger partial charge in [0.2, 0.25) is 0 Å². The zero-order chi connectivity index (χ0) is 16.4. The summed E-state index contributed by atoms with van der Waals surface area (Å²) >= 11 is 0. The molecule has 2 aliphatic heterocycles. The number of carbonyl (C=O) groups is 1. The maximum atomic E-state index is 12.2. The highest BCUT2D eigenvalue weighted by atomic mass is 16.6. The van der Waals surface area contributed by atoms with Crippen molar-refractivity contribution in [1.82, 2.24) is 4.90 Å². The van der Waals surface area contributed by atoms with Gasteiger partial charge in [-0.2, -0.15) is 0 Å². The van der Waals surface area contributed by atoms with E-state index >= 15 is 0 Å². The molecule has 2 aliphatic rings. The van der Waals surface area contributed by atoms with Crippen LogP contribution in [0.25, 0.3) is 0 Å². The van der Waals surface area contributed by atoms with E-state index in [1.807, 2.05) is 25.7 Å². The molecule has 1 fully saturated rings. The number of rotatable bonds is 1. The van der Waals surface area contributed by atoms with Gasteiger partial charge in [0.15, 0.2) is 0 Å². The molecule has 1 N–H and O–H groups in total. The number of ether oxygens (including phenoxy) is 2. The van der Waals surface area contributed by atoms with Crippen LogP contribution in [0.4, 0.5) is 10.5 Å². The highest BCUT2D eigenvalue weighted by Gasteiger charge is 2.29. The van der Waals surface area contributed by atoms with Gasteiger partial charge in [0.05, 0.1) is 5.69 Å². The number of carbonyl (C=O) groups excluding carboxylic acids is 1. The molecule has 0 spiro atoms. The highest BCUT2D eigenvalue weighted by molar-refractivity contribution is 5.68. The van der Waals surface area contributed by atoms with Crippen molar-refractivity contribution in [2.24, 2.45) is 0 Å². The van der Waals surface area contributed by atoms with Crippen LogP contribution in [0.2, 0.25) is 0 Å².